The highest BCUT2D eigenvalue weighted by Gasteiger charge is 2.31. The number of benzene rings is 1. The Hall–Kier alpha value is -1.35. The molecule has 0 saturated heterocycles. The second-order valence-corrected chi connectivity index (χ2v) is 4.86. The first-order chi connectivity index (χ1) is 8.53. The minimum atomic E-state index is -0.838. The SMILES string of the molecule is CCCC(C)(NCc1ccccc1CC)C(=O)O. The van der Waals surface area contributed by atoms with Crippen molar-refractivity contribution in [1.29, 1.82) is 0 Å². The molecule has 0 heterocycles. The van der Waals surface area contributed by atoms with Crippen LogP contribution in [0.5, 0.6) is 0 Å². The van der Waals surface area contributed by atoms with Crippen LogP contribution in [0.4, 0.5) is 0 Å². The monoisotopic (exact) mass is 249 g/mol. The Morgan fingerprint density at radius 2 is 1.89 bits per heavy atom. The van der Waals surface area contributed by atoms with Gasteiger partial charge >= 0.3 is 5.97 Å². The maximum Gasteiger partial charge on any atom is 0.323 e. The average Bonchev–Trinajstić information content (AvgIpc) is 2.37. The van der Waals surface area contributed by atoms with Gasteiger partial charge in [-0.15, -0.1) is 0 Å². The summed E-state index contributed by atoms with van der Waals surface area (Å²) in [5, 5.41) is 12.5. The van der Waals surface area contributed by atoms with E-state index in [2.05, 4.69) is 24.4 Å². The normalized spacial score (nSPS) is 14.2. The van der Waals surface area contributed by atoms with E-state index in [0.29, 0.717) is 13.0 Å². The van der Waals surface area contributed by atoms with Gasteiger partial charge in [0.05, 0.1) is 0 Å². The lowest BCUT2D eigenvalue weighted by atomic mass is 9.95. The number of aryl methyl sites for hydroxylation is 1. The molecule has 18 heavy (non-hydrogen) atoms. The molecule has 100 valence electrons. The van der Waals surface area contributed by atoms with Crippen molar-refractivity contribution in [2.75, 3.05) is 0 Å². The van der Waals surface area contributed by atoms with Crippen molar-refractivity contribution in [1.82, 2.24) is 5.32 Å². The Labute approximate surface area is 109 Å². The van der Waals surface area contributed by atoms with Crippen LogP contribution in [-0.2, 0) is 17.8 Å². The molecule has 0 aromatic heterocycles. The first-order valence-corrected chi connectivity index (χ1v) is 6.58. The van der Waals surface area contributed by atoms with E-state index >= 15 is 0 Å². The second kappa shape index (κ2) is 6.55. The summed E-state index contributed by atoms with van der Waals surface area (Å²) in [6, 6.07) is 8.16. The van der Waals surface area contributed by atoms with E-state index < -0.39 is 11.5 Å². The van der Waals surface area contributed by atoms with Crippen molar-refractivity contribution in [3.63, 3.8) is 0 Å². The first-order valence-electron chi connectivity index (χ1n) is 6.58. The number of nitrogens with one attached hydrogen (secondary N) is 1. The van der Waals surface area contributed by atoms with Crippen LogP contribution < -0.4 is 5.32 Å². The average molecular weight is 249 g/mol. The van der Waals surface area contributed by atoms with Crippen molar-refractivity contribution >= 4 is 5.97 Å². The van der Waals surface area contributed by atoms with E-state index in [9.17, 15) is 9.90 Å². The fourth-order valence-electron chi connectivity index (χ4n) is 2.14. The first kappa shape index (κ1) is 14.7. The highest BCUT2D eigenvalue weighted by molar-refractivity contribution is 5.78. The van der Waals surface area contributed by atoms with Crippen LogP contribution in [0.3, 0.4) is 0 Å². The molecule has 0 radical (unpaired) electrons. The van der Waals surface area contributed by atoms with Gasteiger partial charge in [-0.05, 0) is 30.9 Å². The Kier molecular flexibility index (Phi) is 5.35. The molecule has 0 saturated carbocycles. The van der Waals surface area contributed by atoms with Gasteiger partial charge < -0.3 is 5.11 Å². The molecule has 0 spiro atoms. The minimum Gasteiger partial charge on any atom is -0.480 e. The zero-order chi connectivity index (χ0) is 13.6. The van der Waals surface area contributed by atoms with Gasteiger partial charge in [0.25, 0.3) is 0 Å². The topological polar surface area (TPSA) is 49.3 Å². The number of rotatable bonds is 7. The van der Waals surface area contributed by atoms with Crippen LogP contribution in [0.25, 0.3) is 0 Å². The molecule has 2 N–H and O–H groups in total. The van der Waals surface area contributed by atoms with Crippen molar-refractivity contribution < 1.29 is 9.90 Å². The zero-order valence-electron chi connectivity index (χ0n) is 11.5. The Balaban J connectivity index is 2.76. The molecule has 1 aromatic rings. The molecule has 0 amide bonds. The molecule has 3 heteroatoms. The largest absolute Gasteiger partial charge is 0.480 e. The molecule has 1 aromatic carbocycles. The van der Waals surface area contributed by atoms with E-state index in [1.807, 2.05) is 19.1 Å². The molecule has 0 aliphatic carbocycles. The number of carboxylic acid groups (broad SMARTS) is 1. The van der Waals surface area contributed by atoms with Crippen LogP contribution in [0.2, 0.25) is 0 Å². The van der Waals surface area contributed by atoms with Crippen LogP contribution >= 0.6 is 0 Å². The summed E-state index contributed by atoms with van der Waals surface area (Å²) >= 11 is 0. The maximum atomic E-state index is 11.3. The van der Waals surface area contributed by atoms with E-state index in [1.165, 1.54) is 11.1 Å². The van der Waals surface area contributed by atoms with Crippen LogP contribution in [0.15, 0.2) is 24.3 Å². The summed E-state index contributed by atoms with van der Waals surface area (Å²) in [5.41, 5.74) is 1.62. The highest BCUT2D eigenvalue weighted by atomic mass is 16.4. The van der Waals surface area contributed by atoms with Gasteiger partial charge in [0.15, 0.2) is 0 Å². The summed E-state index contributed by atoms with van der Waals surface area (Å²) < 4.78 is 0. The van der Waals surface area contributed by atoms with Gasteiger partial charge in [-0.2, -0.15) is 0 Å². The molecule has 1 unspecified atom stereocenters. The van der Waals surface area contributed by atoms with Crippen LogP contribution in [-0.4, -0.2) is 16.6 Å². The fraction of sp³-hybridized carbons (Fsp3) is 0.533. The lowest BCUT2D eigenvalue weighted by molar-refractivity contribution is -0.144. The Morgan fingerprint density at radius 1 is 1.28 bits per heavy atom. The van der Waals surface area contributed by atoms with Crippen molar-refractivity contribution in [2.24, 2.45) is 0 Å². The predicted octanol–water partition coefficient (Wildman–Crippen LogP) is 2.98. The summed E-state index contributed by atoms with van der Waals surface area (Å²) in [6.45, 7) is 6.48. The van der Waals surface area contributed by atoms with Crippen molar-refractivity contribution in [3.8, 4) is 0 Å². The molecule has 0 bridgehead atoms. The van der Waals surface area contributed by atoms with Gasteiger partial charge in [0.2, 0.25) is 0 Å². The molecule has 0 fully saturated rings. The standard InChI is InChI=1S/C15H23NO2/c1-4-10-15(3,14(17)18)16-11-13-9-7-6-8-12(13)5-2/h6-9,16H,4-5,10-11H2,1-3H3,(H,17,18). The summed E-state index contributed by atoms with van der Waals surface area (Å²) in [4.78, 5) is 11.3. The third-order valence-electron chi connectivity index (χ3n) is 3.39. The fourth-order valence-corrected chi connectivity index (χ4v) is 2.14. The van der Waals surface area contributed by atoms with E-state index in [1.54, 1.807) is 6.92 Å². The molecule has 0 aliphatic heterocycles. The Morgan fingerprint density at radius 3 is 2.39 bits per heavy atom. The quantitative estimate of drug-likeness (QED) is 0.781. The number of carbonyl (C=O) groups is 1. The molecule has 1 rings (SSSR count). The number of carboxylic acids is 1. The van der Waals surface area contributed by atoms with Crippen LogP contribution in [0, 0.1) is 0 Å². The number of hydrogen-bond donors (Lipinski definition) is 2. The second-order valence-electron chi connectivity index (χ2n) is 4.86. The van der Waals surface area contributed by atoms with Crippen molar-refractivity contribution in [3.05, 3.63) is 35.4 Å². The summed E-state index contributed by atoms with van der Waals surface area (Å²) in [7, 11) is 0. The third-order valence-corrected chi connectivity index (χ3v) is 3.39. The lowest BCUT2D eigenvalue weighted by Gasteiger charge is -2.26. The highest BCUT2D eigenvalue weighted by Crippen LogP contribution is 2.16. The van der Waals surface area contributed by atoms with Gasteiger partial charge in [-0.3, -0.25) is 10.1 Å². The summed E-state index contributed by atoms with van der Waals surface area (Å²) in [6.07, 6.45) is 2.46. The van der Waals surface area contributed by atoms with E-state index in [4.69, 9.17) is 0 Å². The van der Waals surface area contributed by atoms with Gasteiger partial charge in [-0.25, -0.2) is 0 Å². The number of hydrogen-bond acceptors (Lipinski definition) is 2. The number of aliphatic carboxylic acids is 1. The van der Waals surface area contributed by atoms with Gasteiger partial charge in [0.1, 0.15) is 5.54 Å². The Bertz CT molecular complexity index is 403. The molecular weight excluding hydrogens is 226 g/mol. The van der Waals surface area contributed by atoms with E-state index in [-0.39, 0.29) is 0 Å². The smallest absolute Gasteiger partial charge is 0.323 e. The molecule has 0 aliphatic rings. The van der Waals surface area contributed by atoms with Crippen LogP contribution in [0.1, 0.15) is 44.7 Å². The third kappa shape index (κ3) is 3.57. The van der Waals surface area contributed by atoms with E-state index in [0.717, 1.165) is 12.8 Å². The minimum absolute atomic E-state index is 0.604. The van der Waals surface area contributed by atoms with Gasteiger partial charge in [-0.1, -0.05) is 44.5 Å². The predicted molar refractivity (Wildman–Crippen MR) is 73.6 cm³/mol. The van der Waals surface area contributed by atoms with Gasteiger partial charge in [0, 0.05) is 6.54 Å². The molecule has 1 atom stereocenters. The molecule has 3 nitrogen and oxygen atoms in total. The maximum absolute atomic E-state index is 11.3. The zero-order valence-corrected chi connectivity index (χ0v) is 11.5. The molecular formula is C15H23NO2. The van der Waals surface area contributed by atoms with Crippen molar-refractivity contribution in [2.45, 2.75) is 52.1 Å². The lowest BCUT2D eigenvalue weighted by Crippen LogP contribution is -2.49. The summed E-state index contributed by atoms with van der Waals surface area (Å²) in [5.74, 6) is -0.779.